The third-order valence-corrected chi connectivity index (χ3v) is 7.11. The van der Waals surface area contributed by atoms with Crippen LogP contribution in [0.2, 0.25) is 0 Å². The van der Waals surface area contributed by atoms with Crippen molar-refractivity contribution in [3.05, 3.63) is 29.3 Å². The second kappa shape index (κ2) is 7.64. The molecule has 0 spiro atoms. The Morgan fingerprint density at radius 1 is 1.14 bits per heavy atom. The number of benzene rings is 1. The van der Waals surface area contributed by atoms with Crippen LogP contribution in [-0.4, -0.2) is 12.3 Å². The van der Waals surface area contributed by atoms with Gasteiger partial charge in [0.25, 0.3) is 0 Å². The van der Waals surface area contributed by atoms with Gasteiger partial charge in [0.05, 0.1) is 0 Å². The standard InChI is InChI=1S/C17H24N.2ClH.Ti/c1-17(2,3)15-9-7-8-14(12-15)13-18-16-10-5-4-6-11-16;;;/h7-9,13,16H,4-6,10-11H2,1-3H3;2*1H;/q;;;+2/p-2. The third-order valence-electron chi connectivity index (χ3n) is 4.09. The average molecular weight is 361 g/mol. The van der Waals surface area contributed by atoms with E-state index in [2.05, 4.69) is 39.0 Å². The molecule has 1 aromatic rings. The summed E-state index contributed by atoms with van der Waals surface area (Å²) in [5, 5.41) is 0. The second-order valence-corrected chi connectivity index (χ2v) is 12.4. The fourth-order valence-electron chi connectivity index (χ4n) is 2.93. The van der Waals surface area contributed by atoms with Gasteiger partial charge in [0.1, 0.15) is 0 Å². The van der Waals surface area contributed by atoms with Crippen molar-refractivity contribution >= 4 is 28.7 Å². The zero-order chi connectivity index (χ0) is 15.5. The van der Waals surface area contributed by atoms with Gasteiger partial charge >= 0.3 is 143 Å². The Balaban J connectivity index is 2.32. The van der Waals surface area contributed by atoms with E-state index in [1.165, 1.54) is 41.5 Å². The predicted octanol–water partition coefficient (Wildman–Crippen LogP) is 5.29. The molecule has 115 valence electrons. The molecule has 0 bridgehead atoms. The fraction of sp³-hybridized carbons (Fsp3) is 0.588. The van der Waals surface area contributed by atoms with Crippen molar-refractivity contribution in [3.8, 4) is 0 Å². The Morgan fingerprint density at radius 2 is 1.81 bits per heavy atom. The number of hydrogen-bond donors (Lipinski definition) is 0. The topological polar surface area (TPSA) is 12.4 Å². The van der Waals surface area contributed by atoms with Gasteiger partial charge in [-0.05, 0) is 0 Å². The molecule has 0 heterocycles. The molecule has 0 aliphatic heterocycles. The van der Waals surface area contributed by atoms with Crippen molar-refractivity contribution in [2.24, 2.45) is 4.99 Å². The molecule has 1 aliphatic rings. The van der Waals surface area contributed by atoms with Crippen LogP contribution < -0.4 is 3.87 Å². The first-order valence-corrected chi connectivity index (χ1v) is 12.8. The number of hydrogen-bond acceptors (Lipinski definition) is 1. The van der Waals surface area contributed by atoms with E-state index < -0.39 is 15.7 Å². The van der Waals surface area contributed by atoms with E-state index in [9.17, 15) is 0 Å². The van der Waals surface area contributed by atoms with Gasteiger partial charge < -0.3 is 0 Å². The van der Waals surface area contributed by atoms with Crippen LogP contribution in [0.25, 0.3) is 0 Å². The summed E-state index contributed by atoms with van der Waals surface area (Å²) in [6.07, 6.45) is 8.43. The Morgan fingerprint density at radius 3 is 2.38 bits per heavy atom. The molecule has 1 saturated carbocycles. The molecule has 0 saturated heterocycles. The average Bonchev–Trinajstić information content (AvgIpc) is 2.44. The van der Waals surface area contributed by atoms with Crippen molar-refractivity contribution in [2.45, 2.75) is 64.3 Å². The Labute approximate surface area is 142 Å². The van der Waals surface area contributed by atoms with E-state index in [-0.39, 0.29) is 5.41 Å². The summed E-state index contributed by atoms with van der Waals surface area (Å²) < 4.78 is 1.17. The Kier molecular flexibility index (Phi) is 6.38. The van der Waals surface area contributed by atoms with Gasteiger partial charge in [-0.25, -0.2) is 0 Å². The first-order valence-electron chi connectivity index (χ1n) is 7.74. The summed E-state index contributed by atoms with van der Waals surface area (Å²) in [6.45, 7) is 6.63. The van der Waals surface area contributed by atoms with Crippen molar-refractivity contribution in [2.75, 3.05) is 0 Å². The van der Waals surface area contributed by atoms with Gasteiger partial charge in [0, 0.05) is 0 Å². The molecule has 0 N–H and O–H groups in total. The van der Waals surface area contributed by atoms with E-state index in [1.54, 1.807) is 0 Å². The number of aliphatic imine (C=N–C) groups is 1. The van der Waals surface area contributed by atoms with Crippen molar-refractivity contribution in [1.82, 2.24) is 0 Å². The van der Waals surface area contributed by atoms with Crippen LogP contribution in [0.4, 0.5) is 0 Å². The summed E-state index contributed by atoms with van der Waals surface area (Å²) in [4.78, 5) is 4.80. The van der Waals surface area contributed by atoms with E-state index in [0.29, 0.717) is 6.04 Å². The normalized spacial score (nSPS) is 17.4. The number of nitrogens with zero attached hydrogens (tertiary/aromatic N) is 1. The molecule has 0 amide bonds. The van der Waals surface area contributed by atoms with Crippen LogP contribution in [0, 0.1) is 0 Å². The predicted molar refractivity (Wildman–Crippen MR) is 90.9 cm³/mol. The molecule has 4 heteroatoms. The van der Waals surface area contributed by atoms with Crippen LogP contribution in [-0.2, 0) is 21.2 Å². The third kappa shape index (κ3) is 4.83. The fourth-order valence-corrected chi connectivity index (χ4v) is 6.27. The minimum absolute atomic E-state index is 0.0616. The molecule has 1 nitrogen and oxygen atoms in total. The van der Waals surface area contributed by atoms with Crippen LogP contribution >= 0.6 is 18.6 Å². The second-order valence-electron chi connectivity index (χ2n) is 6.85. The van der Waals surface area contributed by atoms with Crippen molar-refractivity contribution < 1.29 is 15.7 Å². The molecule has 0 unspecified atom stereocenters. The molecule has 1 aromatic carbocycles. The molecule has 21 heavy (non-hydrogen) atoms. The van der Waals surface area contributed by atoms with Crippen LogP contribution in [0.3, 0.4) is 0 Å². The molecule has 1 aliphatic carbocycles. The van der Waals surface area contributed by atoms with Crippen LogP contribution in [0.15, 0.2) is 23.2 Å². The van der Waals surface area contributed by atoms with E-state index in [0.717, 1.165) is 5.56 Å². The van der Waals surface area contributed by atoms with Gasteiger partial charge in [-0.15, -0.1) is 0 Å². The summed E-state index contributed by atoms with van der Waals surface area (Å²) in [6, 6.07) is 6.85. The summed E-state index contributed by atoms with van der Waals surface area (Å²) in [5.74, 6) is 0. The van der Waals surface area contributed by atoms with Crippen molar-refractivity contribution in [1.29, 1.82) is 0 Å². The SMILES string of the molecule is CC(C)(C)c1cccc(C=NC2CCCCC2)[c]1[Ti]([Cl])[Cl]. The first kappa shape index (κ1) is 17.5. The zero-order valence-corrected chi connectivity index (χ0v) is 16.2. The summed E-state index contributed by atoms with van der Waals surface area (Å²) >= 11 is -2.21. The Bertz CT molecular complexity index is 500. The van der Waals surface area contributed by atoms with E-state index in [1.807, 2.05) is 6.21 Å². The maximum atomic E-state index is 6.41. The van der Waals surface area contributed by atoms with Gasteiger partial charge in [0.15, 0.2) is 0 Å². The van der Waals surface area contributed by atoms with Gasteiger partial charge in [-0.3, -0.25) is 0 Å². The monoisotopic (exact) mass is 360 g/mol. The number of rotatable bonds is 3. The van der Waals surface area contributed by atoms with Gasteiger partial charge in [0.2, 0.25) is 0 Å². The van der Waals surface area contributed by atoms with Gasteiger partial charge in [-0.1, -0.05) is 0 Å². The first-order chi connectivity index (χ1) is 9.89. The van der Waals surface area contributed by atoms with Crippen LogP contribution in [0.1, 0.15) is 64.0 Å². The zero-order valence-electron chi connectivity index (χ0n) is 13.1. The van der Waals surface area contributed by atoms with Crippen LogP contribution in [0.5, 0.6) is 0 Å². The summed E-state index contributed by atoms with van der Waals surface area (Å²) in [5.41, 5.74) is 2.47. The van der Waals surface area contributed by atoms with Crippen molar-refractivity contribution in [3.63, 3.8) is 0 Å². The summed E-state index contributed by atoms with van der Waals surface area (Å²) in [7, 11) is 12.8. The molecule has 2 rings (SSSR count). The molecular weight excluding hydrogens is 337 g/mol. The molecule has 0 aromatic heterocycles. The van der Waals surface area contributed by atoms with E-state index in [4.69, 9.17) is 23.6 Å². The minimum atomic E-state index is -2.21. The molecular formula is C17H24Cl2NTi. The van der Waals surface area contributed by atoms with E-state index >= 15 is 0 Å². The molecule has 1 fully saturated rings. The maximum absolute atomic E-state index is 6.41. The quantitative estimate of drug-likeness (QED) is 0.513. The number of halogens is 2. The molecule has 0 atom stereocenters. The molecule has 0 radical (unpaired) electrons. The Hall–Kier alpha value is 0.184. The van der Waals surface area contributed by atoms with Gasteiger partial charge in [-0.2, -0.15) is 0 Å².